The van der Waals surface area contributed by atoms with Crippen LogP contribution in [0, 0.1) is 0 Å². The number of carboxylic acid groups (broad SMARTS) is 6. The van der Waals surface area contributed by atoms with Gasteiger partial charge in [0.1, 0.15) is 0 Å². The van der Waals surface area contributed by atoms with E-state index in [1.807, 2.05) is 0 Å². The van der Waals surface area contributed by atoms with Gasteiger partial charge in [-0.05, 0) is 0 Å². The zero-order valence-electron chi connectivity index (χ0n) is 14.7. The maximum absolute atomic E-state index is 9.58. The Balaban J connectivity index is -0.0000000686. The minimum atomic E-state index is -1.96. The minimum Gasteiger partial charge on any atom is -0.550 e. The average Bonchev–Trinajstić information content (AvgIpc) is 2.46. The molecule has 15 nitrogen and oxygen atoms in total. The van der Waals surface area contributed by atoms with E-state index in [2.05, 4.69) is 0 Å². The third-order valence-electron chi connectivity index (χ3n) is 1.90. The maximum atomic E-state index is 9.58. The van der Waals surface area contributed by atoms with E-state index in [-0.39, 0.29) is 47.1 Å². The molecule has 3 N–H and O–H groups in total. The fraction of sp³-hybridized carbons (Fsp3) is 0.500. The first-order valence-electron chi connectivity index (χ1n) is 6.38. The number of aliphatic hydroxyl groups is 3. The van der Waals surface area contributed by atoms with E-state index < -0.39 is 73.4 Å². The zero-order chi connectivity index (χ0) is 22.3. The summed E-state index contributed by atoms with van der Waals surface area (Å²) in [6.45, 7) is 0. The molecule has 0 aliphatic carbocycles. The van der Waals surface area contributed by atoms with Crippen molar-refractivity contribution < 1.29 is 74.7 Å². The van der Waals surface area contributed by atoms with E-state index in [0.29, 0.717) is 0 Å². The number of carboxylic acids is 6. The molecule has 0 spiro atoms. The first kappa shape index (κ1) is 42.2. The standard InChI is InChI=1S/3C4H6O5.2Al.ClH/c3*5-2(4(8)9)1-3(6)7;;;/h3*2,5H,1H2,(H,6,7)(H,8,9);;;1H/q;;;2*+3;/p-6. The fourth-order valence-electron chi connectivity index (χ4n) is 0.724. The van der Waals surface area contributed by atoms with E-state index in [4.69, 9.17) is 15.3 Å². The molecule has 3 unspecified atom stereocenters. The van der Waals surface area contributed by atoms with Crippen molar-refractivity contribution in [2.45, 2.75) is 37.6 Å². The van der Waals surface area contributed by atoms with Gasteiger partial charge in [-0.2, -0.15) is 0 Å². The predicted octanol–water partition coefficient (Wildman–Crippen LogP) is -11.6. The Bertz CT molecular complexity index is 480. The van der Waals surface area contributed by atoms with E-state index in [1.165, 1.54) is 0 Å². The van der Waals surface area contributed by atoms with Gasteiger partial charge in [0, 0.05) is 37.2 Å². The first-order valence-corrected chi connectivity index (χ1v) is 6.38. The molecule has 0 aromatic heterocycles. The van der Waals surface area contributed by atoms with E-state index in [9.17, 15) is 59.4 Å². The number of aliphatic carboxylic acids is 6. The number of carbonyl (C=O) groups is 6. The Morgan fingerprint density at radius 2 is 0.633 bits per heavy atom. The molecule has 0 aromatic rings. The van der Waals surface area contributed by atoms with E-state index in [0.717, 1.165) is 0 Å². The van der Waals surface area contributed by atoms with Crippen LogP contribution in [0.5, 0.6) is 0 Å². The molecule has 0 aliphatic rings. The molecule has 3 atom stereocenters. The normalized spacial score (nSPS) is 11.3. The summed E-state index contributed by atoms with van der Waals surface area (Å²) in [5.41, 5.74) is 0. The van der Waals surface area contributed by atoms with Crippen LogP contribution in [0.25, 0.3) is 0 Å². The Kier molecular flexibility index (Phi) is 32.8. The minimum absolute atomic E-state index is 0. The summed E-state index contributed by atoms with van der Waals surface area (Å²) >= 11 is 0. The molecule has 0 fully saturated rings. The maximum Gasteiger partial charge on any atom is 3.00 e. The van der Waals surface area contributed by atoms with Crippen molar-refractivity contribution >= 4 is 82.9 Å². The van der Waals surface area contributed by atoms with E-state index in [1.54, 1.807) is 0 Å². The predicted molar refractivity (Wildman–Crippen MR) is 80.7 cm³/mol. The number of carbonyl (C=O) groups excluding carboxylic acids is 6. The average molecular weight is 487 g/mol. The fourth-order valence-corrected chi connectivity index (χ4v) is 0.724. The van der Waals surface area contributed by atoms with E-state index >= 15 is 0 Å². The number of aliphatic hydroxyl groups excluding tert-OH is 3. The first-order chi connectivity index (χ1) is 12.1. The molecule has 30 heavy (non-hydrogen) atoms. The summed E-state index contributed by atoms with van der Waals surface area (Å²) < 4.78 is 0. The van der Waals surface area contributed by atoms with Crippen molar-refractivity contribution in [1.29, 1.82) is 0 Å². The topological polar surface area (TPSA) is 301 Å². The quantitative estimate of drug-likeness (QED) is 0.255. The number of hydrogen-bond acceptors (Lipinski definition) is 15. The van der Waals surface area contributed by atoms with Crippen molar-refractivity contribution in [1.82, 2.24) is 0 Å². The molecule has 0 saturated heterocycles. The monoisotopic (exact) mass is 486 g/mol. The van der Waals surface area contributed by atoms with Crippen LogP contribution in [0.1, 0.15) is 19.3 Å². The third-order valence-corrected chi connectivity index (χ3v) is 1.90. The third kappa shape index (κ3) is 33.6. The van der Waals surface area contributed by atoms with Crippen LogP contribution in [0.2, 0.25) is 0 Å². The molecule has 0 saturated carbocycles. The van der Waals surface area contributed by atoms with Gasteiger partial charge in [0.2, 0.25) is 0 Å². The van der Waals surface area contributed by atoms with Crippen LogP contribution >= 0.6 is 12.4 Å². The molecular formula is C12H13Al2ClO15. The summed E-state index contributed by atoms with van der Waals surface area (Å²) in [5.74, 6) is -10.3. The molecule has 0 aliphatic heterocycles. The number of rotatable bonds is 9. The van der Waals surface area contributed by atoms with Crippen molar-refractivity contribution in [3.05, 3.63) is 0 Å². The van der Waals surface area contributed by atoms with Crippen LogP contribution in [0.15, 0.2) is 0 Å². The molecule has 0 amide bonds. The SMILES string of the molecule is Cl.O=C([O-])CC(O)C(=O)[O-].O=C([O-])CC(O)C(=O)[O-].O=C([O-])CC(O)C(=O)[O-].[Al+3].[Al+3]. The van der Waals surface area contributed by atoms with Gasteiger partial charge < -0.3 is 74.7 Å². The van der Waals surface area contributed by atoms with Crippen LogP contribution in [-0.2, 0) is 28.8 Å². The van der Waals surface area contributed by atoms with Crippen molar-refractivity contribution in [2.75, 3.05) is 0 Å². The number of hydrogen-bond donors (Lipinski definition) is 3. The van der Waals surface area contributed by atoms with Gasteiger partial charge in [-0.15, -0.1) is 12.4 Å². The van der Waals surface area contributed by atoms with Gasteiger partial charge in [-0.3, -0.25) is 0 Å². The Morgan fingerprint density at radius 1 is 0.500 bits per heavy atom. The molecule has 0 radical (unpaired) electrons. The summed E-state index contributed by atoms with van der Waals surface area (Å²) in [4.78, 5) is 57.4. The van der Waals surface area contributed by atoms with Crippen LogP contribution < -0.4 is 30.6 Å². The smallest absolute Gasteiger partial charge is 0.550 e. The summed E-state index contributed by atoms with van der Waals surface area (Å²) in [7, 11) is 0. The molecule has 0 bridgehead atoms. The van der Waals surface area contributed by atoms with Crippen molar-refractivity contribution in [2.24, 2.45) is 0 Å². The van der Waals surface area contributed by atoms with Crippen LogP contribution in [0.3, 0.4) is 0 Å². The Morgan fingerprint density at radius 3 is 0.667 bits per heavy atom. The van der Waals surface area contributed by atoms with Crippen molar-refractivity contribution in [3.63, 3.8) is 0 Å². The molecular weight excluding hydrogens is 474 g/mol. The second-order valence-corrected chi connectivity index (χ2v) is 4.23. The molecule has 0 rings (SSSR count). The van der Waals surface area contributed by atoms with Gasteiger partial charge in [0.25, 0.3) is 0 Å². The molecule has 18 heteroatoms. The van der Waals surface area contributed by atoms with Crippen LogP contribution in [-0.4, -0.2) is 104 Å². The summed E-state index contributed by atoms with van der Waals surface area (Å²) in [6.07, 6.45) is -8.67. The second-order valence-electron chi connectivity index (χ2n) is 4.23. The van der Waals surface area contributed by atoms with Gasteiger partial charge in [-0.1, -0.05) is 0 Å². The molecule has 164 valence electrons. The zero-order valence-corrected chi connectivity index (χ0v) is 17.8. The van der Waals surface area contributed by atoms with Gasteiger partial charge >= 0.3 is 34.7 Å². The Hall–Kier alpha value is -1.95. The van der Waals surface area contributed by atoms with Gasteiger partial charge in [0.15, 0.2) is 0 Å². The number of halogens is 1. The Labute approximate surface area is 195 Å². The molecule has 0 aromatic carbocycles. The van der Waals surface area contributed by atoms with Gasteiger partial charge in [0.05, 0.1) is 36.2 Å². The molecule has 0 heterocycles. The largest absolute Gasteiger partial charge is 3.00 e. The van der Waals surface area contributed by atoms with Crippen LogP contribution in [0.4, 0.5) is 0 Å². The summed E-state index contributed by atoms with van der Waals surface area (Å²) in [6, 6.07) is 0. The van der Waals surface area contributed by atoms with Gasteiger partial charge in [-0.25, -0.2) is 0 Å². The second kappa shape index (κ2) is 23.3. The van der Waals surface area contributed by atoms with Crippen molar-refractivity contribution in [3.8, 4) is 0 Å². The summed E-state index contributed by atoms with van der Waals surface area (Å²) in [5, 5.41) is 82.0.